The van der Waals surface area contributed by atoms with Crippen molar-refractivity contribution >= 4 is 29.5 Å². The Kier molecular flexibility index (Phi) is 9.68. The summed E-state index contributed by atoms with van der Waals surface area (Å²) in [4.78, 5) is 22.2. The van der Waals surface area contributed by atoms with E-state index in [4.69, 9.17) is 35.9 Å². The Morgan fingerprint density at radius 1 is 1.17 bits per heavy atom. The van der Waals surface area contributed by atoms with Crippen molar-refractivity contribution in [1.29, 1.82) is 0 Å². The number of thiocarbonyl (C=S) groups is 1. The molecule has 9 nitrogen and oxygen atoms in total. The Bertz CT molecular complexity index is 413. The van der Waals surface area contributed by atoms with Crippen LogP contribution in [0.25, 0.3) is 0 Å². The highest BCUT2D eigenvalue weighted by molar-refractivity contribution is 7.80. The highest BCUT2D eigenvalue weighted by Crippen LogP contribution is 2.02. The van der Waals surface area contributed by atoms with Crippen LogP contribution in [0.1, 0.15) is 0 Å². The van der Waals surface area contributed by atoms with Crippen molar-refractivity contribution in [1.82, 2.24) is 10.6 Å². The fourth-order valence-corrected chi connectivity index (χ4v) is 1.62. The largest absolute Gasteiger partial charge is 0.508 e. The number of hydrogen-bond donors (Lipinski definition) is 2. The lowest BCUT2D eigenvalue weighted by Gasteiger charge is -2.21. The molecular formula is C13H20N2O7S. The Morgan fingerprint density at radius 2 is 1.83 bits per heavy atom. The van der Waals surface area contributed by atoms with Crippen LogP contribution in [0.5, 0.6) is 0 Å². The Morgan fingerprint density at radius 3 is 2.52 bits per heavy atom. The van der Waals surface area contributed by atoms with Crippen molar-refractivity contribution in [3.8, 4) is 0 Å². The van der Waals surface area contributed by atoms with E-state index in [0.29, 0.717) is 6.54 Å². The summed E-state index contributed by atoms with van der Waals surface area (Å²) >= 11 is 4.90. The van der Waals surface area contributed by atoms with Gasteiger partial charge in [-0.1, -0.05) is 6.58 Å². The topological polar surface area (TPSA) is 104 Å². The van der Waals surface area contributed by atoms with Gasteiger partial charge in [0.05, 0.1) is 26.3 Å². The first kappa shape index (κ1) is 19.1. The van der Waals surface area contributed by atoms with E-state index in [1.807, 2.05) is 0 Å². The van der Waals surface area contributed by atoms with E-state index in [0.717, 1.165) is 0 Å². The maximum Gasteiger partial charge on any atom is 0.508 e. The molecule has 1 heterocycles. The van der Waals surface area contributed by atoms with Gasteiger partial charge in [-0.2, -0.15) is 0 Å². The minimum atomic E-state index is -0.801. The van der Waals surface area contributed by atoms with Gasteiger partial charge in [-0.25, -0.2) is 4.79 Å². The van der Waals surface area contributed by atoms with Gasteiger partial charge in [-0.05, 0) is 18.3 Å². The van der Waals surface area contributed by atoms with Crippen LogP contribution in [0.2, 0.25) is 0 Å². The fourth-order valence-electron chi connectivity index (χ4n) is 1.43. The van der Waals surface area contributed by atoms with Gasteiger partial charge in [0.2, 0.25) is 5.91 Å². The van der Waals surface area contributed by atoms with E-state index in [-0.39, 0.29) is 50.8 Å². The van der Waals surface area contributed by atoms with E-state index in [1.165, 1.54) is 6.08 Å². The first-order chi connectivity index (χ1) is 11.1. The van der Waals surface area contributed by atoms with E-state index >= 15 is 0 Å². The molecule has 23 heavy (non-hydrogen) atoms. The quantitative estimate of drug-likeness (QED) is 0.265. The molecule has 0 radical (unpaired) electrons. The highest BCUT2D eigenvalue weighted by atomic mass is 32.1. The molecule has 2 N–H and O–H groups in total. The third kappa shape index (κ3) is 9.66. The number of amides is 1. The molecule has 0 aromatic rings. The van der Waals surface area contributed by atoms with Gasteiger partial charge < -0.3 is 34.3 Å². The minimum Gasteiger partial charge on any atom is -0.469 e. The number of carbonyl (C=O) groups excluding carboxylic acids is 2. The summed E-state index contributed by atoms with van der Waals surface area (Å²) in [5.74, 6) is -0.284. The first-order valence-corrected chi connectivity index (χ1v) is 7.32. The van der Waals surface area contributed by atoms with Crippen LogP contribution in [-0.4, -0.2) is 69.7 Å². The van der Waals surface area contributed by atoms with Crippen LogP contribution in [0.4, 0.5) is 4.79 Å². The van der Waals surface area contributed by atoms with Gasteiger partial charge in [-0.15, -0.1) is 0 Å². The average molecular weight is 348 g/mol. The molecule has 1 saturated heterocycles. The van der Waals surface area contributed by atoms with Crippen molar-refractivity contribution in [3.63, 3.8) is 0 Å². The van der Waals surface area contributed by atoms with Gasteiger partial charge in [-0.3, -0.25) is 4.79 Å². The summed E-state index contributed by atoms with van der Waals surface area (Å²) in [6, 6.07) is 0. The molecular weight excluding hydrogens is 328 g/mol. The van der Waals surface area contributed by atoms with Gasteiger partial charge in [0.15, 0.2) is 6.10 Å². The second kappa shape index (κ2) is 11.6. The lowest BCUT2D eigenvalue weighted by molar-refractivity contribution is -0.157. The number of carbonyl (C=O) groups is 2. The van der Waals surface area contributed by atoms with Crippen molar-refractivity contribution in [3.05, 3.63) is 12.7 Å². The zero-order chi connectivity index (χ0) is 16.9. The zero-order valence-electron chi connectivity index (χ0n) is 12.6. The molecule has 0 spiro atoms. The van der Waals surface area contributed by atoms with E-state index in [2.05, 4.69) is 17.2 Å². The molecule has 0 saturated carbocycles. The Balaban J connectivity index is 1.96. The maximum atomic E-state index is 11.4. The third-order valence-electron chi connectivity index (χ3n) is 2.45. The third-order valence-corrected chi connectivity index (χ3v) is 2.71. The Labute approximate surface area is 139 Å². The van der Waals surface area contributed by atoms with Gasteiger partial charge in [0.1, 0.15) is 20.0 Å². The van der Waals surface area contributed by atoms with Crippen LogP contribution >= 0.6 is 12.2 Å². The monoisotopic (exact) mass is 348 g/mol. The predicted molar refractivity (Wildman–Crippen MR) is 82.8 cm³/mol. The molecule has 1 aliphatic heterocycles. The van der Waals surface area contributed by atoms with Crippen LogP contribution < -0.4 is 10.6 Å². The Hall–Kier alpha value is -1.91. The van der Waals surface area contributed by atoms with Crippen LogP contribution in [0, 0.1) is 0 Å². The predicted octanol–water partition coefficient (Wildman–Crippen LogP) is -0.294. The van der Waals surface area contributed by atoms with Gasteiger partial charge in [0.25, 0.3) is 5.17 Å². The normalized spacial score (nSPS) is 14.4. The van der Waals surface area contributed by atoms with Gasteiger partial charge >= 0.3 is 6.16 Å². The molecule has 1 amide bonds. The molecule has 0 aromatic heterocycles. The summed E-state index contributed by atoms with van der Waals surface area (Å²) in [5, 5.41) is 5.41. The molecule has 10 heteroatoms. The highest BCUT2D eigenvalue weighted by Gasteiger charge is 2.19. The first-order valence-electron chi connectivity index (χ1n) is 6.91. The fraction of sp³-hybridized carbons (Fsp3) is 0.615. The SMILES string of the molecule is C=CC(=O)NCCOC(=S)NCCOC(=O)OC1COCOC1. The lowest BCUT2D eigenvalue weighted by atomic mass is 10.4. The second-order valence-corrected chi connectivity index (χ2v) is 4.63. The number of rotatable bonds is 8. The summed E-state index contributed by atoms with van der Waals surface area (Å²) in [6.45, 7) is 4.94. The zero-order valence-corrected chi connectivity index (χ0v) is 13.4. The summed E-state index contributed by atoms with van der Waals surface area (Å²) in [6.07, 6.45) is -0.0947. The van der Waals surface area contributed by atoms with E-state index in [1.54, 1.807) is 0 Å². The molecule has 130 valence electrons. The minimum absolute atomic E-state index is 0.0595. The second-order valence-electron chi connectivity index (χ2n) is 4.26. The van der Waals surface area contributed by atoms with Crippen molar-refractivity contribution in [2.45, 2.75) is 6.10 Å². The summed E-state index contributed by atoms with van der Waals surface area (Å²) in [5.41, 5.74) is 0. The number of hydrogen-bond acceptors (Lipinski definition) is 8. The van der Waals surface area contributed by atoms with Crippen molar-refractivity contribution < 1.29 is 33.3 Å². The standard InChI is InChI=1S/C13H20N2O7S/c1-2-11(16)14-3-5-20-12(23)15-4-6-21-13(17)22-10-7-18-9-19-8-10/h2,10H,1,3-9H2,(H,14,16)(H,15,23). The molecule has 0 bridgehead atoms. The molecule has 1 aliphatic rings. The molecule has 0 unspecified atom stereocenters. The molecule has 0 aliphatic carbocycles. The van der Waals surface area contributed by atoms with Crippen molar-refractivity contribution in [2.24, 2.45) is 0 Å². The summed E-state index contributed by atoms with van der Waals surface area (Å²) < 4.78 is 24.9. The van der Waals surface area contributed by atoms with Crippen LogP contribution in [0.3, 0.4) is 0 Å². The summed E-state index contributed by atoms with van der Waals surface area (Å²) in [7, 11) is 0. The lowest BCUT2D eigenvalue weighted by Crippen LogP contribution is -2.35. The van der Waals surface area contributed by atoms with E-state index < -0.39 is 12.3 Å². The average Bonchev–Trinajstić information content (AvgIpc) is 2.56. The molecule has 0 atom stereocenters. The molecule has 1 fully saturated rings. The van der Waals surface area contributed by atoms with Gasteiger partial charge in [0, 0.05) is 0 Å². The van der Waals surface area contributed by atoms with Crippen LogP contribution in [-0.2, 0) is 28.5 Å². The smallest absolute Gasteiger partial charge is 0.469 e. The maximum absolute atomic E-state index is 11.4. The number of nitrogens with one attached hydrogen (secondary N) is 2. The van der Waals surface area contributed by atoms with Crippen LogP contribution in [0.15, 0.2) is 12.7 Å². The number of ether oxygens (including phenoxy) is 5. The molecule has 1 rings (SSSR count). The molecule has 0 aromatic carbocycles. The van der Waals surface area contributed by atoms with Crippen molar-refractivity contribution in [2.75, 3.05) is 46.3 Å². The van der Waals surface area contributed by atoms with E-state index in [9.17, 15) is 9.59 Å².